The molecular formula is C9H10F2S2. The lowest BCUT2D eigenvalue weighted by Crippen LogP contribution is -1.86. The summed E-state index contributed by atoms with van der Waals surface area (Å²) in [5.41, 5.74) is 0. The van der Waals surface area contributed by atoms with Crippen molar-refractivity contribution in [2.75, 3.05) is 11.5 Å². The molecule has 13 heavy (non-hydrogen) atoms. The van der Waals surface area contributed by atoms with Gasteiger partial charge in [-0.05, 0) is 36.1 Å². The summed E-state index contributed by atoms with van der Waals surface area (Å²) < 4.78 is 25.7. The van der Waals surface area contributed by atoms with Gasteiger partial charge in [0.15, 0.2) is 0 Å². The number of rotatable bonds is 4. The maximum Gasteiger partial charge on any atom is 0.136 e. The first-order valence-corrected chi connectivity index (χ1v) is 5.54. The zero-order valence-corrected chi connectivity index (χ0v) is 8.68. The van der Waals surface area contributed by atoms with Crippen LogP contribution < -0.4 is 0 Å². The summed E-state index contributed by atoms with van der Waals surface area (Å²) in [6.07, 6.45) is 0.893. The molecule has 1 aromatic carbocycles. The molecular weight excluding hydrogens is 210 g/mol. The van der Waals surface area contributed by atoms with E-state index in [0.717, 1.165) is 30.1 Å². The predicted octanol–water partition coefficient (Wildman–Crippen LogP) is 3.38. The van der Waals surface area contributed by atoms with Crippen LogP contribution >= 0.6 is 24.4 Å². The van der Waals surface area contributed by atoms with E-state index in [1.165, 1.54) is 17.8 Å². The summed E-state index contributed by atoms with van der Waals surface area (Å²) in [6.45, 7) is 0. The minimum atomic E-state index is -0.394. The Morgan fingerprint density at radius 2 is 2.08 bits per heavy atom. The van der Waals surface area contributed by atoms with Gasteiger partial charge in [-0.15, -0.1) is 11.8 Å². The van der Waals surface area contributed by atoms with Gasteiger partial charge in [0.2, 0.25) is 0 Å². The van der Waals surface area contributed by atoms with Gasteiger partial charge >= 0.3 is 0 Å². The number of halogens is 2. The molecule has 0 N–H and O–H groups in total. The van der Waals surface area contributed by atoms with E-state index in [1.54, 1.807) is 0 Å². The number of thiol groups is 1. The lowest BCUT2D eigenvalue weighted by molar-refractivity contribution is 0.577. The van der Waals surface area contributed by atoms with Crippen LogP contribution in [0.1, 0.15) is 6.42 Å². The van der Waals surface area contributed by atoms with E-state index in [0.29, 0.717) is 4.90 Å². The van der Waals surface area contributed by atoms with Crippen molar-refractivity contribution in [2.45, 2.75) is 11.3 Å². The normalized spacial score (nSPS) is 10.4. The quantitative estimate of drug-likeness (QED) is 0.461. The largest absolute Gasteiger partial charge is 0.207 e. The van der Waals surface area contributed by atoms with E-state index in [9.17, 15) is 8.78 Å². The Bertz CT molecular complexity index is 276. The van der Waals surface area contributed by atoms with Gasteiger partial charge in [-0.25, -0.2) is 8.78 Å². The molecule has 0 heterocycles. The third-order valence-corrected chi connectivity index (χ3v) is 2.89. The van der Waals surface area contributed by atoms with E-state index in [-0.39, 0.29) is 5.82 Å². The molecule has 0 atom stereocenters. The first-order chi connectivity index (χ1) is 6.24. The third-order valence-electron chi connectivity index (χ3n) is 1.45. The molecule has 0 aliphatic carbocycles. The van der Waals surface area contributed by atoms with E-state index in [4.69, 9.17) is 0 Å². The SMILES string of the molecule is Fc1ccc(F)c(SCCCS)c1. The molecule has 0 amide bonds. The van der Waals surface area contributed by atoms with Gasteiger partial charge in [0.05, 0.1) is 0 Å². The molecule has 1 aromatic rings. The van der Waals surface area contributed by atoms with Crippen LogP contribution in [0.2, 0.25) is 0 Å². The number of hydrogen-bond donors (Lipinski definition) is 1. The van der Waals surface area contributed by atoms with Crippen LogP contribution in [0.5, 0.6) is 0 Å². The van der Waals surface area contributed by atoms with Crippen LogP contribution in [0.4, 0.5) is 8.78 Å². The Balaban J connectivity index is 2.59. The summed E-state index contributed by atoms with van der Waals surface area (Å²) in [7, 11) is 0. The van der Waals surface area contributed by atoms with Gasteiger partial charge in [0.1, 0.15) is 11.6 Å². The van der Waals surface area contributed by atoms with Crippen LogP contribution in [0, 0.1) is 11.6 Å². The summed E-state index contributed by atoms with van der Waals surface area (Å²) in [6, 6.07) is 3.49. The Hall–Kier alpha value is -0.220. The van der Waals surface area contributed by atoms with Gasteiger partial charge in [-0.2, -0.15) is 12.6 Å². The zero-order valence-electron chi connectivity index (χ0n) is 6.96. The van der Waals surface area contributed by atoms with Crippen molar-refractivity contribution in [1.29, 1.82) is 0 Å². The van der Waals surface area contributed by atoms with Gasteiger partial charge in [-0.3, -0.25) is 0 Å². The van der Waals surface area contributed by atoms with Crippen LogP contribution in [0.25, 0.3) is 0 Å². The molecule has 0 aliphatic rings. The Morgan fingerprint density at radius 1 is 1.31 bits per heavy atom. The Morgan fingerprint density at radius 3 is 2.77 bits per heavy atom. The molecule has 0 bridgehead atoms. The second-order valence-electron chi connectivity index (χ2n) is 2.50. The molecule has 0 spiro atoms. The fourth-order valence-electron chi connectivity index (χ4n) is 0.834. The minimum absolute atomic E-state index is 0.356. The highest BCUT2D eigenvalue weighted by molar-refractivity contribution is 7.99. The van der Waals surface area contributed by atoms with Crippen LogP contribution in [-0.2, 0) is 0 Å². The van der Waals surface area contributed by atoms with Gasteiger partial charge in [0.25, 0.3) is 0 Å². The second-order valence-corrected chi connectivity index (χ2v) is 4.08. The summed E-state index contributed by atoms with van der Waals surface area (Å²) in [4.78, 5) is 0.377. The minimum Gasteiger partial charge on any atom is -0.207 e. The fourth-order valence-corrected chi connectivity index (χ4v) is 2.12. The standard InChI is InChI=1S/C9H10F2S2/c10-7-2-3-8(11)9(6-7)13-5-1-4-12/h2-3,6,12H,1,4-5H2. The van der Waals surface area contributed by atoms with Gasteiger partial charge in [-0.1, -0.05) is 0 Å². The Kier molecular flexibility index (Phi) is 4.59. The lowest BCUT2D eigenvalue weighted by atomic mass is 10.3. The molecule has 0 nitrogen and oxygen atoms in total. The number of thioether (sulfide) groups is 1. The molecule has 0 saturated heterocycles. The Labute approximate surface area is 86.1 Å². The van der Waals surface area contributed by atoms with Crippen LogP contribution in [0.3, 0.4) is 0 Å². The van der Waals surface area contributed by atoms with Crippen LogP contribution in [-0.4, -0.2) is 11.5 Å². The lowest BCUT2D eigenvalue weighted by Gasteiger charge is -2.01. The maximum absolute atomic E-state index is 13.0. The fraction of sp³-hybridized carbons (Fsp3) is 0.333. The van der Waals surface area contributed by atoms with Gasteiger partial charge < -0.3 is 0 Å². The maximum atomic E-state index is 13.0. The molecule has 72 valence electrons. The molecule has 0 radical (unpaired) electrons. The molecule has 0 saturated carbocycles. The van der Waals surface area contributed by atoms with Crippen molar-refractivity contribution >= 4 is 24.4 Å². The van der Waals surface area contributed by atoms with Crippen molar-refractivity contribution in [3.63, 3.8) is 0 Å². The zero-order chi connectivity index (χ0) is 9.68. The summed E-state index contributed by atoms with van der Waals surface area (Å²) in [5.74, 6) is 0.786. The molecule has 0 fully saturated rings. The molecule has 0 unspecified atom stereocenters. The monoisotopic (exact) mass is 220 g/mol. The van der Waals surface area contributed by atoms with Crippen molar-refractivity contribution < 1.29 is 8.78 Å². The van der Waals surface area contributed by atoms with Crippen molar-refractivity contribution in [3.05, 3.63) is 29.8 Å². The van der Waals surface area contributed by atoms with Gasteiger partial charge in [0, 0.05) is 4.90 Å². The van der Waals surface area contributed by atoms with E-state index >= 15 is 0 Å². The average Bonchev–Trinajstić information content (AvgIpc) is 2.11. The summed E-state index contributed by atoms with van der Waals surface area (Å²) in [5, 5.41) is 0. The average molecular weight is 220 g/mol. The molecule has 0 aliphatic heterocycles. The van der Waals surface area contributed by atoms with E-state index in [2.05, 4.69) is 12.6 Å². The van der Waals surface area contributed by atoms with E-state index in [1.807, 2.05) is 0 Å². The first kappa shape index (κ1) is 10.9. The highest BCUT2D eigenvalue weighted by Crippen LogP contribution is 2.23. The summed E-state index contributed by atoms with van der Waals surface area (Å²) >= 11 is 5.35. The van der Waals surface area contributed by atoms with E-state index < -0.39 is 5.82 Å². The topological polar surface area (TPSA) is 0 Å². The third kappa shape index (κ3) is 3.56. The second kappa shape index (κ2) is 5.50. The molecule has 4 heteroatoms. The highest BCUT2D eigenvalue weighted by atomic mass is 32.2. The molecule has 1 rings (SSSR count). The first-order valence-electron chi connectivity index (χ1n) is 3.93. The van der Waals surface area contributed by atoms with Crippen molar-refractivity contribution in [2.24, 2.45) is 0 Å². The molecule has 0 aromatic heterocycles. The predicted molar refractivity (Wildman–Crippen MR) is 55.6 cm³/mol. The number of hydrogen-bond acceptors (Lipinski definition) is 2. The van der Waals surface area contributed by atoms with Crippen molar-refractivity contribution in [1.82, 2.24) is 0 Å². The van der Waals surface area contributed by atoms with Crippen molar-refractivity contribution in [3.8, 4) is 0 Å². The highest BCUT2D eigenvalue weighted by Gasteiger charge is 2.03. The number of benzene rings is 1. The smallest absolute Gasteiger partial charge is 0.136 e. The van der Waals surface area contributed by atoms with Crippen LogP contribution in [0.15, 0.2) is 23.1 Å².